The van der Waals surface area contributed by atoms with Gasteiger partial charge in [0, 0.05) is 0 Å². The number of aryl methyl sites for hydroxylation is 1. The average molecular weight is 286 g/mol. The fraction of sp³-hybridized carbons (Fsp3) is 0.632. The first-order chi connectivity index (χ1) is 10.1. The Bertz CT molecular complexity index is 534. The molecule has 2 aliphatic rings. The number of Topliss-reactive ketones (excluding diaryl/α,β-unsaturated/α-hetero) is 1. The number of hydrogen-bond acceptors (Lipinski definition) is 2. The lowest BCUT2D eigenvalue weighted by Gasteiger charge is -2.37. The van der Waals surface area contributed by atoms with E-state index in [2.05, 4.69) is 6.92 Å². The maximum atomic E-state index is 12.6. The van der Waals surface area contributed by atoms with E-state index in [9.17, 15) is 4.79 Å². The minimum atomic E-state index is -0.220. The maximum Gasteiger partial charge on any atom is 0.170 e. The highest BCUT2D eigenvalue weighted by Gasteiger charge is 2.41. The molecule has 1 aromatic rings. The van der Waals surface area contributed by atoms with E-state index in [1.807, 2.05) is 25.1 Å². The summed E-state index contributed by atoms with van der Waals surface area (Å²) in [6.45, 7) is 4.29. The predicted molar refractivity (Wildman–Crippen MR) is 85.0 cm³/mol. The molecule has 0 radical (unpaired) electrons. The van der Waals surface area contributed by atoms with E-state index in [1.54, 1.807) is 0 Å². The van der Waals surface area contributed by atoms with Crippen LogP contribution in [0.25, 0.3) is 0 Å². The van der Waals surface area contributed by atoms with E-state index in [-0.39, 0.29) is 11.4 Å². The lowest BCUT2D eigenvalue weighted by atomic mass is 9.83. The third kappa shape index (κ3) is 3.00. The van der Waals surface area contributed by atoms with E-state index in [4.69, 9.17) is 4.74 Å². The molecule has 0 N–H and O–H groups in total. The number of fused-ring (bicyclic) bond motifs is 1. The Labute approximate surface area is 127 Å². The Morgan fingerprint density at radius 1 is 1.29 bits per heavy atom. The lowest BCUT2D eigenvalue weighted by molar-refractivity contribution is 0.0289. The van der Waals surface area contributed by atoms with Gasteiger partial charge in [-0.1, -0.05) is 37.8 Å². The zero-order valence-corrected chi connectivity index (χ0v) is 13.3. The third-order valence-corrected chi connectivity index (χ3v) is 5.19. The Hall–Kier alpha value is -1.31. The first-order valence-corrected chi connectivity index (χ1v) is 8.45. The largest absolute Gasteiger partial charge is 0.486 e. The van der Waals surface area contributed by atoms with E-state index >= 15 is 0 Å². The predicted octanol–water partition coefficient (Wildman–Crippen LogP) is 5.08. The summed E-state index contributed by atoms with van der Waals surface area (Å²) in [7, 11) is 0. The molecule has 3 rings (SSSR count). The van der Waals surface area contributed by atoms with Crippen molar-refractivity contribution in [2.24, 2.45) is 5.92 Å². The number of hydrogen-bond donors (Lipinski definition) is 0. The minimum Gasteiger partial charge on any atom is -0.486 e. The van der Waals surface area contributed by atoms with Gasteiger partial charge < -0.3 is 4.74 Å². The van der Waals surface area contributed by atoms with Crippen molar-refractivity contribution in [1.29, 1.82) is 0 Å². The normalized spacial score (nSPS) is 28.9. The van der Waals surface area contributed by atoms with Crippen molar-refractivity contribution in [1.82, 2.24) is 0 Å². The molecule has 0 aromatic heterocycles. The fourth-order valence-electron chi connectivity index (χ4n) is 4.03. The Morgan fingerprint density at radius 3 is 2.95 bits per heavy atom. The summed E-state index contributed by atoms with van der Waals surface area (Å²) in [4.78, 5) is 12.6. The number of ketones is 1. The average Bonchev–Trinajstić information content (AvgIpc) is 2.64. The number of carbonyl (C=O) groups excluding carboxylic acids is 1. The number of carbonyl (C=O) groups is 1. The molecule has 1 heterocycles. The van der Waals surface area contributed by atoms with Gasteiger partial charge in [-0.15, -0.1) is 0 Å². The highest BCUT2D eigenvalue weighted by atomic mass is 16.5. The van der Waals surface area contributed by atoms with Gasteiger partial charge in [0.15, 0.2) is 5.78 Å². The summed E-state index contributed by atoms with van der Waals surface area (Å²) in [5.74, 6) is 1.91. The minimum absolute atomic E-state index is 0.220. The lowest BCUT2D eigenvalue weighted by Crippen LogP contribution is -2.41. The molecule has 1 saturated carbocycles. The molecule has 1 aliphatic heterocycles. The zero-order valence-electron chi connectivity index (χ0n) is 13.3. The summed E-state index contributed by atoms with van der Waals surface area (Å²) in [5, 5.41) is 0. The molecule has 2 unspecified atom stereocenters. The molecule has 0 saturated heterocycles. The van der Waals surface area contributed by atoms with Gasteiger partial charge in [-0.2, -0.15) is 0 Å². The van der Waals surface area contributed by atoms with Crippen molar-refractivity contribution >= 4 is 5.78 Å². The second-order valence-corrected chi connectivity index (χ2v) is 6.97. The van der Waals surface area contributed by atoms with Crippen LogP contribution in [-0.4, -0.2) is 11.4 Å². The standard InChI is InChI=1S/C19H26O2/c1-3-5-15-6-4-10-19(11-9-15)13-17(20)16-12-14(2)7-8-18(16)21-19/h7-8,12,15H,3-6,9-11,13H2,1-2H3. The van der Waals surface area contributed by atoms with Gasteiger partial charge in [-0.05, 0) is 50.7 Å². The molecule has 1 aromatic carbocycles. The van der Waals surface area contributed by atoms with Gasteiger partial charge in [-0.25, -0.2) is 0 Å². The van der Waals surface area contributed by atoms with Crippen LogP contribution >= 0.6 is 0 Å². The molecule has 114 valence electrons. The van der Waals surface area contributed by atoms with Crippen LogP contribution < -0.4 is 4.74 Å². The van der Waals surface area contributed by atoms with Crippen molar-refractivity contribution in [3.05, 3.63) is 29.3 Å². The van der Waals surface area contributed by atoms with Crippen molar-refractivity contribution in [2.45, 2.75) is 70.8 Å². The molecule has 1 aliphatic carbocycles. The summed E-state index contributed by atoms with van der Waals surface area (Å²) in [5.41, 5.74) is 1.70. The first kappa shape index (κ1) is 14.6. The van der Waals surface area contributed by atoms with Crippen molar-refractivity contribution in [3.63, 3.8) is 0 Å². The Morgan fingerprint density at radius 2 is 2.14 bits per heavy atom. The van der Waals surface area contributed by atoms with Crippen LogP contribution in [0.15, 0.2) is 18.2 Å². The molecule has 0 bridgehead atoms. The van der Waals surface area contributed by atoms with Gasteiger partial charge in [0.1, 0.15) is 11.4 Å². The van der Waals surface area contributed by atoms with Crippen LogP contribution in [0.5, 0.6) is 5.75 Å². The summed E-state index contributed by atoms with van der Waals surface area (Å²) in [6.07, 6.45) is 8.93. The Balaban J connectivity index is 1.81. The second kappa shape index (κ2) is 5.82. The SMILES string of the molecule is CCCC1CCCC2(CC1)CC(=O)c1cc(C)ccc1O2. The number of rotatable bonds is 2. The fourth-order valence-corrected chi connectivity index (χ4v) is 4.03. The molecule has 1 fully saturated rings. The van der Waals surface area contributed by atoms with Crippen LogP contribution in [0, 0.1) is 12.8 Å². The molecular formula is C19H26O2. The van der Waals surface area contributed by atoms with Gasteiger partial charge in [-0.3, -0.25) is 4.79 Å². The van der Waals surface area contributed by atoms with E-state index in [0.29, 0.717) is 6.42 Å². The number of benzene rings is 1. The molecule has 2 heteroatoms. The van der Waals surface area contributed by atoms with Gasteiger partial charge in [0.25, 0.3) is 0 Å². The molecular weight excluding hydrogens is 260 g/mol. The van der Waals surface area contributed by atoms with E-state index < -0.39 is 0 Å². The molecule has 2 atom stereocenters. The second-order valence-electron chi connectivity index (χ2n) is 6.97. The summed E-state index contributed by atoms with van der Waals surface area (Å²) in [6, 6.07) is 6.00. The molecule has 1 spiro atoms. The summed E-state index contributed by atoms with van der Waals surface area (Å²) >= 11 is 0. The van der Waals surface area contributed by atoms with Gasteiger partial charge in [0.2, 0.25) is 0 Å². The highest BCUT2D eigenvalue weighted by molar-refractivity contribution is 6.00. The quantitative estimate of drug-likeness (QED) is 0.758. The highest BCUT2D eigenvalue weighted by Crippen LogP contribution is 2.42. The molecule has 21 heavy (non-hydrogen) atoms. The van der Waals surface area contributed by atoms with Crippen molar-refractivity contribution in [2.75, 3.05) is 0 Å². The monoisotopic (exact) mass is 286 g/mol. The molecule has 0 amide bonds. The zero-order chi connectivity index (χ0) is 14.9. The Kier molecular flexibility index (Phi) is 4.05. The van der Waals surface area contributed by atoms with Crippen molar-refractivity contribution in [3.8, 4) is 5.75 Å². The number of ether oxygens (including phenoxy) is 1. The smallest absolute Gasteiger partial charge is 0.170 e. The van der Waals surface area contributed by atoms with Gasteiger partial charge >= 0.3 is 0 Å². The van der Waals surface area contributed by atoms with Crippen LogP contribution in [0.4, 0.5) is 0 Å². The van der Waals surface area contributed by atoms with Crippen LogP contribution in [0.2, 0.25) is 0 Å². The third-order valence-electron chi connectivity index (χ3n) is 5.19. The van der Waals surface area contributed by atoms with E-state index in [0.717, 1.165) is 35.6 Å². The molecule has 2 nitrogen and oxygen atoms in total. The maximum absolute atomic E-state index is 12.6. The van der Waals surface area contributed by atoms with Gasteiger partial charge in [0.05, 0.1) is 12.0 Å². The van der Waals surface area contributed by atoms with Crippen LogP contribution in [0.1, 0.15) is 74.2 Å². The van der Waals surface area contributed by atoms with Crippen LogP contribution in [0.3, 0.4) is 0 Å². The summed E-state index contributed by atoms with van der Waals surface area (Å²) < 4.78 is 6.37. The van der Waals surface area contributed by atoms with Crippen LogP contribution in [-0.2, 0) is 0 Å². The van der Waals surface area contributed by atoms with Crippen molar-refractivity contribution < 1.29 is 9.53 Å². The first-order valence-electron chi connectivity index (χ1n) is 8.45. The van der Waals surface area contributed by atoms with E-state index in [1.165, 1.54) is 32.1 Å². The topological polar surface area (TPSA) is 26.3 Å².